The van der Waals surface area contributed by atoms with Crippen molar-refractivity contribution in [2.45, 2.75) is 50.7 Å². The number of guanidine groups is 1. The molecule has 0 aromatic rings. The highest BCUT2D eigenvalue weighted by molar-refractivity contribution is 5.91. The first-order chi connectivity index (χ1) is 12.0. The van der Waals surface area contributed by atoms with Gasteiger partial charge < -0.3 is 38.3 Å². The van der Waals surface area contributed by atoms with Crippen LogP contribution in [0.3, 0.4) is 0 Å². The van der Waals surface area contributed by atoms with Gasteiger partial charge in [0.1, 0.15) is 12.1 Å². The third-order valence-electron chi connectivity index (χ3n) is 3.33. The Morgan fingerprint density at radius 3 is 2.08 bits per heavy atom. The van der Waals surface area contributed by atoms with Crippen molar-refractivity contribution in [1.82, 2.24) is 16.0 Å². The van der Waals surface area contributed by atoms with Crippen LogP contribution in [0.1, 0.15) is 32.6 Å². The summed E-state index contributed by atoms with van der Waals surface area (Å²) in [5.41, 5.74) is 15.6. The molecule has 12 nitrogen and oxygen atoms in total. The molecule has 148 valence electrons. The predicted molar refractivity (Wildman–Crippen MR) is 92.7 cm³/mol. The van der Waals surface area contributed by atoms with Crippen molar-refractivity contribution in [2.75, 3.05) is 6.54 Å². The lowest BCUT2D eigenvalue weighted by molar-refractivity contribution is -0.142. The van der Waals surface area contributed by atoms with Gasteiger partial charge in [0.2, 0.25) is 17.7 Å². The van der Waals surface area contributed by atoms with Gasteiger partial charge in [-0.3, -0.25) is 19.8 Å². The molecule has 0 aliphatic carbocycles. The minimum Gasteiger partial charge on any atom is -0.480 e. The molecule has 0 radical (unpaired) electrons. The van der Waals surface area contributed by atoms with Crippen LogP contribution in [0.4, 0.5) is 0 Å². The Kier molecular flexibility index (Phi) is 10.3. The van der Waals surface area contributed by atoms with E-state index < -0.39 is 41.8 Å². The summed E-state index contributed by atoms with van der Waals surface area (Å²) in [5.74, 6) is -3.55. The molecule has 0 fully saturated rings. The molecule has 0 unspecified atom stereocenters. The second-order valence-corrected chi connectivity index (χ2v) is 5.74. The number of primary amides is 1. The van der Waals surface area contributed by atoms with Crippen molar-refractivity contribution in [3.05, 3.63) is 0 Å². The molecule has 0 aromatic heterocycles. The van der Waals surface area contributed by atoms with E-state index in [2.05, 4.69) is 16.0 Å². The molecule has 0 heterocycles. The molecule has 0 bridgehead atoms. The summed E-state index contributed by atoms with van der Waals surface area (Å²) in [6, 6.07) is -3.21. The molecule has 0 saturated carbocycles. The Labute approximate surface area is 150 Å². The van der Waals surface area contributed by atoms with E-state index in [1.165, 1.54) is 6.92 Å². The van der Waals surface area contributed by atoms with Crippen molar-refractivity contribution < 1.29 is 24.3 Å². The van der Waals surface area contributed by atoms with Crippen LogP contribution in [0.15, 0.2) is 0 Å². The highest BCUT2D eigenvalue weighted by Gasteiger charge is 2.27. The van der Waals surface area contributed by atoms with Gasteiger partial charge in [-0.1, -0.05) is 0 Å². The number of hydrogen-bond acceptors (Lipinski definition) is 6. The third kappa shape index (κ3) is 10.1. The Morgan fingerprint density at radius 2 is 1.62 bits per heavy atom. The van der Waals surface area contributed by atoms with Gasteiger partial charge in [0.05, 0.1) is 6.04 Å². The molecule has 12 heteroatoms. The van der Waals surface area contributed by atoms with E-state index in [4.69, 9.17) is 27.7 Å². The van der Waals surface area contributed by atoms with E-state index in [0.717, 1.165) is 0 Å². The molecule has 0 aliphatic heterocycles. The fourth-order valence-electron chi connectivity index (χ4n) is 1.92. The van der Waals surface area contributed by atoms with E-state index in [1.807, 2.05) is 0 Å². The van der Waals surface area contributed by atoms with E-state index in [0.29, 0.717) is 6.42 Å². The first-order valence-electron chi connectivity index (χ1n) is 8.00. The quantitative estimate of drug-likeness (QED) is 0.0990. The summed E-state index contributed by atoms with van der Waals surface area (Å²) in [6.07, 6.45) is 0.148. The van der Waals surface area contributed by atoms with Crippen LogP contribution < -0.4 is 33.2 Å². The van der Waals surface area contributed by atoms with E-state index in [9.17, 15) is 19.2 Å². The lowest BCUT2D eigenvalue weighted by atomic mass is 10.1. The molecule has 11 N–H and O–H groups in total. The number of aliphatic carboxylic acids is 1. The molecule has 0 spiro atoms. The minimum absolute atomic E-state index is 0.159. The second kappa shape index (κ2) is 11.6. The Morgan fingerprint density at radius 1 is 1.04 bits per heavy atom. The van der Waals surface area contributed by atoms with Gasteiger partial charge in [-0.05, 0) is 26.2 Å². The van der Waals surface area contributed by atoms with Gasteiger partial charge in [0.15, 0.2) is 5.96 Å². The molecule has 0 aliphatic rings. The lowest BCUT2D eigenvalue weighted by Crippen LogP contribution is -2.54. The molecule has 0 saturated heterocycles. The van der Waals surface area contributed by atoms with Gasteiger partial charge in [-0.2, -0.15) is 0 Å². The van der Waals surface area contributed by atoms with Crippen LogP contribution in [-0.2, 0) is 19.2 Å². The second-order valence-electron chi connectivity index (χ2n) is 5.74. The van der Waals surface area contributed by atoms with Crippen LogP contribution >= 0.6 is 0 Å². The molecule has 3 atom stereocenters. The van der Waals surface area contributed by atoms with E-state index >= 15 is 0 Å². The molecule has 3 amide bonds. The van der Waals surface area contributed by atoms with Crippen LogP contribution in [0.5, 0.6) is 0 Å². The Bertz CT molecular complexity index is 538. The van der Waals surface area contributed by atoms with Crippen LogP contribution in [0, 0.1) is 5.41 Å². The van der Waals surface area contributed by atoms with Crippen molar-refractivity contribution in [3.8, 4) is 0 Å². The Balaban J connectivity index is 4.91. The maximum Gasteiger partial charge on any atom is 0.326 e. The fourth-order valence-corrected chi connectivity index (χ4v) is 1.92. The number of nitrogens with two attached hydrogens (primary N) is 3. The van der Waals surface area contributed by atoms with Gasteiger partial charge in [-0.25, -0.2) is 4.79 Å². The average molecular weight is 373 g/mol. The largest absolute Gasteiger partial charge is 0.480 e. The zero-order chi connectivity index (χ0) is 20.3. The van der Waals surface area contributed by atoms with Crippen LogP contribution in [0.2, 0.25) is 0 Å². The lowest BCUT2D eigenvalue weighted by Gasteiger charge is -2.22. The van der Waals surface area contributed by atoms with Gasteiger partial charge in [0.25, 0.3) is 0 Å². The minimum atomic E-state index is -1.32. The number of amides is 3. The smallest absolute Gasteiger partial charge is 0.326 e. The maximum atomic E-state index is 12.4. The number of carbonyl (C=O) groups excluding carboxylic acids is 3. The van der Waals surface area contributed by atoms with Gasteiger partial charge in [0, 0.05) is 13.0 Å². The van der Waals surface area contributed by atoms with Gasteiger partial charge in [-0.15, -0.1) is 0 Å². The number of carboxylic acid groups (broad SMARTS) is 1. The fraction of sp³-hybridized carbons (Fsp3) is 0.643. The molecular weight excluding hydrogens is 346 g/mol. The number of hydrogen-bond donors (Lipinski definition) is 8. The SMILES string of the molecule is C[C@H](N)C(=O)N[C@@H](CCCNC(=N)N)C(=O)N[C@@H](CCC(N)=O)C(=O)O. The highest BCUT2D eigenvalue weighted by Crippen LogP contribution is 2.02. The van der Waals surface area contributed by atoms with E-state index in [-0.39, 0.29) is 31.8 Å². The van der Waals surface area contributed by atoms with Crippen molar-refractivity contribution in [1.29, 1.82) is 5.41 Å². The number of carboxylic acids is 1. The molecular formula is C14H27N7O5. The summed E-state index contributed by atoms with van der Waals surface area (Å²) in [4.78, 5) is 46.1. The first-order valence-corrected chi connectivity index (χ1v) is 8.00. The zero-order valence-electron chi connectivity index (χ0n) is 14.6. The summed E-state index contributed by atoms with van der Waals surface area (Å²) in [6.45, 7) is 1.73. The Hall–Kier alpha value is -2.89. The monoisotopic (exact) mass is 373 g/mol. The van der Waals surface area contributed by atoms with Crippen molar-refractivity contribution in [2.24, 2.45) is 17.2 Å². The predicted octanol–water partition coefficient (Wildman–Crippen LogP) is -3.08. The van der Waals surface area contributed by atoms with E-state index in [1.54, 1.807) is 0 Å². The number of nitrogens with one attached hydrogen (secondary N) is 4. The first kappa shape index (κ1) is 23.1. The maximum absolute atomic E-state index is 12.4. The summed E-state index contributed by atoms with van der Waals surface area (Å²) in [7, 11) is 0. The highest BCUT2D eigenvalue weighted by atomic mass is 16.4. The van der Waals surface area contributed by atoms with Crippen molar-refractivity contribution >= 4 is 29.7 Å². The topological polar surface area (TPSA) is 227 Å². The van der Waals surface area contributed by atoms with Crippen LogP contribution in [0.25, 0.3) is 0 Å². The normalized spacial score (nSPS) is 13.8. The summed E-state index contributed by atoms with van der Waals surface area (Å²) >= 11 is 0. The summed E-state index contributed by atoms with van der Waals surface area (Å²) < 4.78 is 0. The zero-order valence-corrected chi connectivity index (χ0v) is 14.6. The molecule has 0 rings (SSSR count). The van der Waals surface area contributed by atoms with Crippen LogP contribution in [-0.4, -0.2) is 59.4 Å². The third-order valence-corrected chi connectivity index (χ3v) is 3.33. The average Bonchev–Trinajstić information content (AvgIpc) is 2.52. The standard InChI is InChI=1S/C14H27N7O5/c1-7(15)11(23)20-8(3-2-6-19-14(17)18)12(24)21-9(13(25)26)4-5-10(16)22/h7-9H,2-6,15H2,1H3,(H2,16,22)(H,20,23)(H,21,24)(H,25,26)(H4,17,18,19)/t7-,8-,9-/m0/s1. The number of rotatable bonds is 12. The summed E-state index contributed by atoms with van der Waals surface area (Å²) in [5, 5.41) is 23.5. The molecule has 0 aromatic carbocycles. The molecule has 26 heavy (non-hydrogen) atoms. The van der Waals surface area contributed by atoms with Gasteiger partial charge >= 0.3 is 5.97 Å². The van der Waals surface area contributed by atoms with Crippen molar-refractivity contribution in [3.63, 3.8) is 0 Å². The number of carbonyl (C=O) groups is 4.